The summed E-state index contributed by atoms with van der Waals surface area (Å²) in [6, 6.07) is 12.5. The number of rotatable bonds is 3. The van der Waals surface area contributed by atoms with Gasteiger partial charge in [0.2, 0.25) is 6.79 Å². The molecule has 3 atom stereocenters. The first-order chi connectivity index (χ1) is 13.2. The predicted octanol–water partition coefficient (Wildman–Crippen LogP) is 4.01. The van der Waals surface area contributed by atoms with Gasteiger partial charge >= 0.3 is 0 Å². The first kappa shape index (κ1) is 16.8. The summed E-state index contributed by atoms with van der Waals surface area (Å²) >= 11 is 0. The topological polar surface area (TPSA) is 40.2 Å². The molecule has 2 aromatic rings. The Labute approximate surface area is 159 Å². The van der Waals surface area contributed by atoms with Gasteiger partial charge in [0.1, 0.15) is 11.5 Å². The van der Waals surface area contributed by atoms with E-state index >= 15 is 0 Å². The van der Waals surface area contributed by atoms with Crippen molar-refractivity contribution >= 4 is 0 Å². The zero-order chi connectivity index (χ0) is 18.4. The molecule has 0 aliphatic carbocycles. The van der Waals surface area contributed by atoms with Crippen LogP contribution in [0.25, 0.3) is 0 Å². The van der Waals surface area contributed by atoms with E-state index in [0.29, 0.717) is 5.92 Å². The van der Waals surface area contributed by atoms with E-state index in [4.69, 9.17) is 18.9 Å². The van der Waals surface area contributed by atoms with Crippen LogP contribution in [0, 0.1) is 5.92 Å². The molecule has 0 spiro atoms. The van der Waals surface area contributed by atoms with Gasteiger partial charge < -0.3 is 18.9 Å². The average Bonchev–Trinajstić information content (AvgIpc) is 3.37. The molecule has 0 saturated carbocycles. The fourth-order valence-electron chi connectivity index (χ4n) is 4.69. The Balaban J connectivity index is 1.62. The van der Waals surface area contributed by atoms with Crippen LogP contribution >= 0.6 is 0 Å². The molecule has 5 nitrogen and oxygen atoms in total. The van der Waals surface area contributed by atoms with E-state index in [9.17, 15) is 0 Å². The van der Waals surface area contributed by atoms with Crippen LogP contribution in [0.4, 0.5) is 0 Å². The maximum atomic E-state index is 6.52. The summed E-state index contributed by atoms with van der Waals surface area (Å²) in [5.41, 5.74) is 2.41. The number of methoxy groups -OCH3 is 1. The van der Waals surface area contributed by atoms with Crippen molar-refractivity contribution < 1.29 is 18.9 Å². The standard InChI is InChI=1S/C22H25NO4/c1-14-21(15-6-5-7-16(10-15)24-2)17-11-19-20(26-13-25-19)12-18(17)27-22(14)23-8-3-4-9-23/h5-7,10-12,14,21-22H,3-4,8-9,13H2,1-2H3/t14-,21+,22+/m1/s1. The maximum absolute atomic E-state index is 6.52. The molecular formula is C22H25NO4. The third kappa shape index (κ3) is 2.81. The molecule has 5 rings (SSSR count). The highest BCUT2D eigenvalue weighted by molar-refractivity contribution is 5.56. The highest BCUT2D eigenvalue weighted by atomic mass is 16.7. The van der Waals surface area contributed by atoms with Gasteiger partial charge in [0.05, 0.1) is 7.11 Å². The van der Waals surface area contributed by atoms with Gasteiger partial charge in [-0.3, -0.25) is 4.90 Å². The Morgan fingerprint density at radius 2 is 1.78 bits per heavy atom. The maximum Gasteiger partial charge on any atom is 0.231 e. The van der Waals surface area contributed by atoms with Gasteiger partial charge in [0.15, 0.2) is 17.7 Å². The fourth-order valence-corrected chi connectivity index (χ4v) is 4.69. The van der Waals surface area contributed by atoms with Gasteiger partial charge in [-0.15, -0.1) is 0 Å². The molecule has 0 aromatic heterocycles. The Morgan fingerprint density at radius 3 is 2.56 bits per heavy atom. The highest BCUT2D eigenvalue weighted by Crippen LogP contribution is 2.50. The second kappa shape index (κ2) is 6.64. The van der Waals surface area contributed by atoms with Crippen LogP contribution in [-0.4, -0.2) is 38.1 Å². The lowest BCUT2D eigenvalue weighted by molar-refractivity contribution is -0.0178. The van der Waals surface area contributed by atoms with Gasteiger partial charge in [-0.05, 0) is 36.6 Å². The molecular weight excluding hydrogens is 342 g/mol. The molecule has 3 aliphatic rings. The Bertz CT molecular complexity index is 846. The zero-order valence-electron chi connectivity index (χ0n) is 15.8. The number of nitrogens with zero attached hydrogens (tertiary/aromatic N) is 1. The fraction of sp³-hybridized carbons (Fsp3) is 0.455. The van der Waals surface area contributed by atoms with E-state index in [1.807, 2.05) is 12.1 Å². The smallest absolute Gasteiger partial charge is 0.231 e. The zero-order valence-corrected chi connectivity index (χ0v) is 15.8. The lowest BCUT2D eigenvalue weighted by atomic mass is 9.78. The number of likely N-dealkylation sites (tertiary alicyclic amines) is 1. The van der Waals surface area contributed by atoms with E-state index in [0.717, 1.165) is 41.7 Å². The van der Waals surface area contributed by atoms with Crippen molar-refractivity contribution in [3.05, 3.63) is 47.5 Å². The molecule has 3 aliphatic heterocycles. The number of benzene rings is 2. The second-order valence-corrected chi connectivity index (χ2v) is 7.61. The van der Waals surface area contributed by atoms with Crippen LogP contribution in [0.15, 0.2) is 36.4 Å². The summed E-state index contributed by atoms with van der Waals surface area (Å²) < 4.78 is 23.2. The van der Waals surface area contributed by atoms with Crippen LogP contribution in [-0.2, 0) is 0 Å². The number of hydrogen-bond donors (Lipinski definition) is 0. The molecule has 27 heavy (non-hydrogen) atoms. The van der Waals surface area contributed by atoms with E-state index in [2.05, 4.69) is 36.1 Å². The van der Waals surface area contributed by atoms with Gasteiger partial charge in [0, 0.05) is 36.6 Å². The minimum absolute atomic E-state index is 0.0663. The molecule has 1 fully saturated rings. The van der Waals surface area contributed by atoms with Gasteiger partial charge in [0.25, 0.3) is 0 Å². The quantitative estimate of drug-likeness (QED) is 0.820. The second-order valence-electron chi connectivity index (χ2n) is 7.61. The van der Waals surface area contributed by atoms with E-state index in [-0.39, 0.29) is 18.9 Å². The predicted molar refractivity (Wildman–Crippen MR) is 102 cm³/mol. The summed E-state index contributed by atoms with van der Waals surface area (Å²) in [5, 5.41) is 0. The van der Waals surface area contributed by atoms with Crippen molar-refractivity contribution in [2.45, 2.75) is 31.9 Å². The third-order valence-electron chi connectivity index (χ3n) is 6.02. The van der Waals surface area contributed by atoms with Crippen molar-refractivity contribution in [3.8, 4) is 23.0 Å². The van der Waals surface area contributed by atoms with Crippen molar-refractivity contribution in [3.63, 3.8) is 0 Å². The molecule has 0 amide bonds. The number of hydrogen-bond acceptors (Lipinski definition) is 5. The Hall–Kier alpha value is -2.40. The Morgan fingerprint density at radius 1 is 1.00 bits per heavy atom. The molecule has 5 heteroatoms. The van der Waals surface area contributed by atoms with Crippen LogP contribution in [0.5, 0.6) is 23.0 Å². The van der Waals surface area contributed by atoms with E-state index < -0.39 is 0 Å². The summed E-state index contributed by atoms with van der Waals surface area (Å²) in [5.74, 6) is 3.88. The van der Waals surface area contributed by atoms with Crippen molar-refractivity contribution in [1.82, 2.24) is 4.90 Å². The first-order valence-electron chi connectivity index (χ1n) is 9.73. The number of ether oxygens (including phenoxy) is 4. The summed E-state index contributed by atoms with van der Waals surface area (Å²) in [7, 11) is 1.71. The summed E-state index contributed by atoms with van der Waals surface area (Å²) in [6.07, 6.45) is 2.55. The minimum atomic E-state index is 0.0663. The lowest BCUT2D eigenvalue weighted by Gasteiger charge is -2.42. The van der Waals surface area contributed by atoms with Gasteiger partial charge in [-0.1, -0.05) is 19.1 Å². The monoisotopic (exact) mass is 367 g/mol. The molecule has 3 heterocycles. The average molecular weight is 367 g/mol. The van der Waals surface area contributed by atoms with Gasteiger partial charge in [-0.2, -0.15) is 0 Å². The largest absolute Gasteiger partial charge is 0.497 e. The Kier molecular flexibility index (Phi) is 4.12. The number of fused-ring (bicyclic) bond motifs is 2. The third-order valence-corrected chi connectivity index (χ3v) is 6.02. The lowest BCUT2D eigenvalue weighted by Crippen LogP contribution is -2.46. The van der Waals surface area contributed by atoms with Crippen molar-refractivity contribution in [1.29, 1.82) is 0 Å². The normalized spacial score (nSPS) is 26.5. The molecule has 0 bridgehead atoms. The van der Waals surface area contributed by atoms with Crippen LogP contribution < -0.4 is 18.9 Å². The van der Waals surface area contributed by atoms with Gasteiger partial charge in [-0.25, -0.2) is 0 Å². The first-order valence-corrected chi connectivity index (χ1v) is 9.73. The molecule has 0 N–H and O–H groups in total. The molecule has 1 saturated heterocycles. The van der Waals surface area contributed by atoms with Crippen LogP contribution in [0.3, 0.4) is 0 Å². The molecule has 142 valence electrons. The summed E-state index contributed by atoms with van der Waals surface area (Å²) in [4.78, 5) is 2.48. The molecule has 0 radical (unpaired) electrons. The van der Waals surface area contributed by atoms with Crippen molar-refractivity contribution in [2.24, 2.45) is 5.92 Å². The van der Waals surface area contributed by atoms with Crippen LogP contribution in [0.1, 0.15) is 36.8 Å². The minimum Gasteiger partial charge on any atom is -0.497 e. The van der Waals surface area contributed by atoms with Crippen LogP contribution in [0.2, 0.25) is 0 Å². The van der Waals surface area contributed by atoms with E-state index in [1.165, 1.54) is 18.4 Å². The van der Waals surface area contributed by atoms with Crippen molar-refractivity contribution in [2.75, 3.05) is 27.0 Å². The highest BCUT2D eigenvalue weighted by Gasteiger charge is 2.41. The van der Waals surface area contributed by atoms with E-state index in [1.54, 1.807) is 7.11 Å². The molecule has 0 unspecified atom stereocenters. The summed E-state index contributed by atoms with van der Waals surface area (Å²) in [6.45, 7) is 4.76. The SMILES string of the molecule is COc1cccc([C@H]2c3cc4c(cc3O[C@H](N3CCCC3)[C@@H]2C)OCO4)c1. The molecule has 2 aromatic carbocycles.